The van der Waals surface area contributed by atoms with Gasteiger partial charge < -0.3 is 10.1 Å². The summed E-state index contributed by atoms with van der Waals surface area (Å²) in [5.41, 5.74) is 1.79. The van der Waals surface area contributed by atoms with Gasteiger partial charge in [0, 0.05) is 30.8 Å². The number of hydrogen-bond donors (Lipinski definition) is 1. The standard InChI is InChI=1S/C14H21NO2/c1-4-14(16)12-6-8-13(9-7-12)15-10-11(3)17-5-2/h6-9,11,15H,4-5,10H2,1-3H3. The first-order valence-electron chi connectivity index (χ1n) is 6.16. The van der Waals surface area contributed by atoms with Crippen molar-refractivity contribution in [2.75, 3.05) is 18.5 Å². The number of Topliss-reactive ketones (excluding diaryl/α,β-unsaturated/α-hetero) is 1. The van der Waals surface area contributed by atoms with Crippen molar-refractivity contribution in [1.29, 1.82) is 0 Å². The predicted molar refractivity (Wildman–Crippen MR) is 70.6 cm³/mol. The van der Waals surface area contributed by atoms with Gasteiger partial charge in [-0.2, -0.15) is 0 Å². The third-order valence-corrected chi connectivity index (χ3v) is 2.57. The molecule has 1 aromatic carbocycles. The fourth-order valence-corrected chi connectivity index (χ4v) is 1.58. The highest BCUT2D eigenvalue weighted by molar-refractivity contribution is 5.96. The van der Waals surface area contributed by atoms with Crippen molar-refractivity contribution < 1.29 is 9.53 Å². The Morgan fingerprint density at radius 1 is 1.29 bits per heavy atom. The number of hydrogen-bond acceptors (Lipinski definition) is 3. The first-order chi connectivity index (χ1) is 8.17. The van der Waals surface area contributed by atoms with Crippen molar-refractivity contribution in [3.63, 3.8) is 0 Å². The van der Waals surface area contributed by atoms with E-state index in [1.807, 2.05) is 45.0 Å². The van der Waals surface area contributed by atoms with Gasteiger partial charge in [0.15, 0.2) is 5.78 Å². The summed E-state index contributed by atoms with van der Waals surface area (Å²) in [4.78, 5) is 11.4. The molecule has 3 heteroatoms. The van der Waals surface area contributed by atoms with E-state index >= 15 is 0 Å². The normalized spacial score (nSPS) is 12.2. The molecule has 0 fully saturated rings. The fraction of sp³-hybridized carbons (Fsp3) is 0.500. The summed E-state index contributed by atoms with van der Waals surface area (Å²) in [6, 6.07) is 7.59. The lowest BCUT2D eigenvalue weighted by molar-refractivity contribution is 0.0855. The Labute approximate surface area is 103 Å². The number of rotatable bonds is 7. The van der Waals surface area contributed by atoms with Crippen LogP contribution in [0.25, 0.3) is 0 Å². The molecule has 94 valence electrons. The van der Waals surface area contributed by atoms with Gasteiger partial charge in [-0.3, -0.25) is 4.79 Å². The minimum atomic E-state index is 0.180. The van der Waals surface area contributed by atoms with E-state index in [4.69, 9.17) is 4.74 Å². The molecule has 0 amide bonds. The maximum Gasteiger partial charge on any atom is 0.162 e. The lowest BCUT2D eigenvalue weighted by Crippen LogP contribution is -2.19. The van der Waals surface area contributed by atoms with Crippen LogP contribution in [0, 0.1) is 0 Å². The SMILES string of the molecule is CCOC(C)CNc1ccc(C(=O)CC)cc1. The smallest absolute Gasteiger partial charge is 0.162 e. The van der Waals surface area contributed by atoms with E-state index in [9.17, 15) is 4.79 Å². The number of nitrogens with one attached hydrogen (secondary N) is 1. The third kappa shape index (κ3) is 4.57. The van der Waals surface area contributed by atoms with E-state index in [1.165, 1.54) is 0 Å². The van der Waals surface area contributed by atoms with E-state index in [0.29, 0.717) is 6.42 Å². The molecule has 0 aliphatic rings. The van der Waals surface area contributed by atoms with Crippen LogP contribution < -0.4 is 5.32 Å². The van der Waals surface area contributed by atoms with Gasteiger partial charge in [-0.1, -0.05) is 6.92 Å². The second-order valence-corrected chi connectivity index (χ2v) is 4.00. The fourth-order valence-electron chi connectivity index (χ4n) is 1.58. The summed E-state index contributed by atoms with van der Waals surface area (Å²) in [5, 5.41) is 3.28. The molecule has 1 atom stereocenters. The van der Waals surface area contributed by atoms with E-state index < -0.39 is 0 Å². The summed E-state index contributed by atoms with van der Waals surface area (Å²) in [7, 11) is 0. The van der Waals surface area contributed by atoms with E-state index in [0.717, 1.165) is 24.4 Å². The number of benzene rings is 1. The monoisotopic (exact) mass is 235 g/mol. The quantitative estimate of drug-likeness (QED) is 0.738. The number of carbonyl (C=O) groups excluding carboxylic acids is 1. The molecule has 0 aliphatic heterocycles. The molecular weight excluding hydrogens is 214 g/mol. The summed E-state index contributed by atoms with van der Waals surface area (Å²) < 4.78 is 5.43. The molecule has 1 aromatic rings. The first kappa shape index (κ1) is 13.7. The van der Waals surface area contributed by atoms with Crippen LogP contribution in [-0.4, -0.2) is 25.0 Å². The lowest BCUT2D eigenvalue weighted by atomic mass is 10.1. The third-order valence-electron chi connectivity index (χ3n) is 2.57. The zero-order valence-electron chi connectivity index (χ0n) is 10.8. The molecule has 3 nitrogen and oxygen atoms in total. The highest BCUT2D eigenvalue weighted by atomic mass is 16.5. The van der Waals surface area contributed by atoms with Crippen LogP contribution in [0.1, 0.15) is 37.6 Å². The maximum absolute atomic E-state index is 11.4. The Kier molecular flexibility index (Phi) is 5.70. The Balaban J connectivity index is 2.48. The van der Waals surface area contributed by atoms with Crippen LogP contribution in [0.3, 0.4) is 0 Å². The van der Waals surface area contributed by atoms with E-state index in [-0.39, 0.29) is 11.9 Å². The van der Waals surface area contributed by atoms with Crippen molar-refractivity contribution in [2.45, 2.75) is 33.3 Å². The van der Waals surface area contributed by atoms with Crippen LogP contribution in [0.15, 0.2) is 24.3 Å². The minimum absolute atomic E-state index is 0.180. The highest BCUT2D eigenvalue weighted by Gasteiger charge is 2.03. The molecule has 0 bridgehead atoms. The van der Waals surface area contributed by atoms with Gasteiger partial charge in [-0.25, -0.2) is 0 Å². The molecule has 0 heterocycles. The largest absolute Gasteiger partial charge is 0.382 e. The second kappa shape index (κ2) is 7.07. The molecular formula is C14H21NO2. The van der Waals surface area contributed by atoms with Crippen LogP contribution >= 0.6 is 0 Å². The number of carbonyl (C=O) groups is 1. The van der Waals surface area contributed by atoms with Gasteiger partial charge in [0.25, 0.3) is 0 Å². The summed E-state index contributed by atoms with van der Waals surface area (Å²) in [6.45, 7) is 7.40. The van der Waals surface area contributed by atoms with Gasteiger partial charge in [0.2, 0.25) is 0 Å². The molecule has 0 aromatic heterocycles. The Morgan fingerprint density at radius 2 is 1.94 bits per heavy atom. The molecule has 17 heavy (non-hydrogen) atoms. The molecule has 0 spiro atoms. The zero-order valence-corrected chi connectivity index (χ0v) is 10.8. The number of ketones is 1. The summed E-state index contributed by atoms with van der Waals surface area (Å²) in [5.74, 6) is 0.180. The number of ether oxygens (including phenoxy) is 1. The average Bonchev–Trinajstić information content (AvgIpc) is 2.36. The van der Waals surface area contributed by atoms with Crippen molar-refractivity contribution >= 4 is 11.5 Å². The molecule has 0 saturated carbocycles. The second-order valence-electron chi connectivity index (χ2n) is 4.00. The summed E-state index contributed by atoms with van der Waals surface area (Å²) >= 11 is 0. The van der Waals surface area contributed by atoms with Crippen molar-refractivity contribution in [2.24, 2.45) is 0 Å². The van der Waals surface area contributed by atoms with Gasteiger partial charge in [0.05, 0.1) is 6.10 Å². The highest BCUT2D eigenvalue weighted by Crippen LogP contribution is 2.11. The summed E-state index contributed by atoms with van der Waals surface area (Å²) in [6.07, 6.45) is 0.741. The van der Waals surface area contributed by atoms with Crippen LogP contribution in [0.5, 0.6) is 0 Å². The maximum atomic E-state index is 11.4. The molecule has 1 N–H and O–H groups in total. The molecule has 1 unspecified atom stereocenters. The minimum Gasteiger partial charge on any atom is -0.382 e. The van der Waals surface area contributed by atoms with Crippen molar-refractivity contribution in [1.82, 2.24) is 0 Å². The van der Waals surface area contributed by atoms with Gasteiger partial charge >= 0.3 is 0 Å². The van der Waals surface area contributed by atoms with Crippen LogP contribution in [-0.2, 0) is 4.74 Å². The van der Waals surface area contributed by atoms with Gasteiger partial charge in [-0.15, -0.1) is 0 Å². The topological polar surface area (TPSA) is 38.3 Å². The first-order valence-corrected chi connectivity index (χ1v) is 6.16. The van der Waals surface area contributed by atoms with Crippen LogP contribution in [0.4, 0.5) is 5.69 Å². The van der Waals surface area contributed by atoms with Crippen molar-refractivity contribution in [3.05, 3.63) is 29.8 Å². The van der Waals surface area contributed by atoms with Crippen LogP contribution in [0.2, 0.25) is 0 Å². The van der Waals surface area contributed by atoms with E-state index in [1.54, 1.807) is 0 Å². The van der Waals surface area contributed by atoms with Gasteiger partial charge in [0.1, 0.15) is 0 Å². The van der Waals surface area contributed by atoms with Crippen molar-refractivity contribution in [3.8, 4) is 0 Å². The average molecular weight is 235 g/mol. The molecule has 1 rings (SSSR count). The molecule has 0 aliphatic carbocycles. The molecule has 0 saturated heterocycles. The van der Waals surface area contributed by atoms with E-state index in [2.05, 4.69) is 5.32 Å². The van der Waals surface area contributed by atoms with Gasteiger partial charge in [-0.05, 0) is 38.1 Å². The Bertz CT molecular complexity index is 346. The Hall–Kier alpha value is -1.35. The zero-order chi connectivity index (χ0) is 12.7. The Morgan fingerprint density at radius 3 is 2.47 bits per heavy atom. The lowest BCUT2D eigenvalue weighted by Gasteiger charge is -2.13. The number of anilines is 1. The predicted octanol–water partition coefficient (Wildman–Crippen LogP) is 3.12. The molecule has 0 radical (unpaired) electrons.